The molecule has 2 fully saturated rings. The van der Waals surface area contributed by atoms with E-state index >= 15 is 0 Å². The van der Waals surface area contributed by atoms with Gasteiger partial charge in [-0.3, -0.25) is 5.10 Å². The van der Waals surface area contributed by atoms with Gasteiger partial charge in [0.1, 0.15) is 23.9 Å². The second-order valence-corrected chi connectivity index (χ2v) is 11.9. The quantitative estimate of drug-likeness (QED) is 0.323. The highest BCUT2D eigenvalue weighted by molar-refractivity contribution is 7.88. The van der Waals surface area contributed by atoms with Gasteiger partial charge in [-0.1, -0.05) is 23.2 Å². The van der Waals surface area contributed by atoms with Crippen molar-refractivity contribution in [2.24, 2.45) is 5.41 Å². The van der Waals surface area contributed by atoms with Crippen molar-refractivity contribution in [3.05, 3.63) is 52.4 Å². The lowest BCUT2D eigenvalue weighted by molar-refractivity contribution is 0.0395. The zero-order chi connectivity index (χ0) is 26.6. The van der Waals surface area contributed by atoms with Crippen LogP contribution in [0.25, 0.3) is 22.2 Å². The molecule has 1 aromatic carbocycles. The van der Waals surface area contributed by atoms with E-state index in [-0.39, 0.29) is 10.6 Å². The summed E-state index contributed by atoms with van der Waals surface area (Å²) in [7, 11) is 1.58. The first-order chi connectivity index (χ1) is 18.3. The molecule has 10 nitrogen and oxygen atoms in total. The molecule has 4 aromatic rings. The molecule has 1 spiro atoms. The molecule has 2 aliphatic heterocycles. The van der Waals surface area contributed by atoms with Gasteiger partial charge in [-0.15, -0.1) is 9.40 Å². The number of hydrogen-bond donors (Lipinski definition) is 1. The topological polar surface area (TPSA) is 115 Å². The van der Waals surface area contributed by atoms with Gasteiger partial charge in [0.15, 0.2) is 16.7 Å². The smallest absolute Gasteiger partial charge is 0.162 e. The summed E-state index contributed by atoms with van der Waals surface area (Å²) in [5.41, 5.74) is 3.22. The molecule has 198 valence electrons. The number of ether oxygens (including phenoxy) is 2. The van der Waals surface area contributed by atoms with Gasteiger partial charge in [0, 0.05) is 53.1 Å². The summed E-state index contributed by atoms with van der Waals surface area (Å²) in [6.07, 6.45) is 4.49. The molecule has 0 amide bonds. The maximum Gasteiger partial charge on any atom is 0.162 e. The Hall–Kier alpha value is -2.83. The molecule has 0 radical (unpaired) electrons. The zero-order valence-electron chi connectivity index (χ0n) is 20.9. The Morgan fingerprint density at radius 2 is 1.92 bits per heavy atom. The Kier molecular flexibility index (Phi) is 6.51. The Balaban J connectivity index is 1.23. The van der Waals surface area contributed by atoms with Crippen LogP contribution in [-0.2, 0) is 11.4 Å². The van der Waals surface area contributed by atoms with Crippen LogP contribution in [0.5, 0.6) is 11.5 Å². The van der Waals surface area contributed by atoms with Crippen LogP contribution in [0.1, 0.15) is 18.6 Å². The largest absolute Gasteiger partial charge is 0.598 e. The van der Waals surface area contributed by atoms with Crippen LogP contribution in [0.15, 0.2) is 36.7 Å². The van der Waals surface area contributed by atoms with Gasteiger partial charge in [-0.2, -0.15) is 10.2 Å². The molecule has 0 aliphatic carbocycles. The molecule has 5 heterocycles. The van der Waals surface area contributed by atoms with Crippen LogP contribution in [0, 0.1) is 5.41 Å². The molecular formula is C25H25Cl2N7O3S. The third-order valence-corrected chi connectivity index (χ3v) is 8.70. The third-order valence-electron chi connectivity index (χ3n) is 7.14. The van der Waals surface area contributed by atoms with E-state index in [4.69, 9.17) is 37.7 Å². The van der Waals surface area contributed by atoms with Crippen molar-refractivity contribution in [3.8, 4) is 22.8 Å². The van der Waals surface area contributed by atoms with E-state index < -0.39 is 17.5 Å². The van der Waals surface area contributed by atoms with Crippen molar-refractivity contribution in [1.29, 1.82) is 0 Å². The highest BCUT2D eigenvalue weighted by Crippen LogP contribution is 2.43. The zero-order valence-corrected chi connectivity index (χ0v) is 23.3. The molecule has 38 heavy (non-hydrogen) atoms. The number of nitrogens with one attached hydrogen (secondary N) is 1. The maximum atomic E-state index is 11.6. The van der Waals surface area contributed by atoms with Gasteiger partial charge in [0.25, 0.3) is 0 Å². The van der Waals surface area contributed by atoms with Crippen LogP contribution < -0.4 is 14.4 Å². The summed E-state index contributed by atoms with van der Waals surface area (Å²) >= 11 is 11.6. The SMILES string of the molecule is COc1cc2[nH]nc(-c3ccc(N4CC5(C4)CN([S+](C)[O-])C5)nc3)c2cc1O[C@H](C)c1c(Cl)cnnc1Cl. The van der Waals surface area contributed by atoms with Crippen molar-refractivity contribution in [2.75, 3.05) is 44.4 Å². The molecule has 0 bridgehead atoms. The lowest BCUT2D eigenvalue weighted by atomic mass is 9.74. The number of fused-ring (bicyclic) bond motifs is 1. The fraction of sp³-hybridized carbons (Fsp3) is 0.360. The molecule has 1 N–H and O–H groups in total. The van der Waals surface area contributed by atoms with Crippen molar-refractivity contribution < 1.29 is 14.0 Å². The Bertz CT molecular complexity index is 1470. The van der Waals surface area contributed by atoms with Gasteiger partial charge < -0.3 is 18.9 Å². The lowest BCUT2D eigenvalue weighted by Gasteiger charge is -2.58. The maximum absolute atomic E-state index is 11.6. The molecule has 0 saturated carbocycles. The van der Waals surface area contributed by atoms with Crippen LogP contribution in [0.3, 0.4) is 0 Å². The number of anilines is 1. The number of aromatic nitrogens is 5. The van der Waals surface area contributed by atoms with Crippen molar-refractivity contribution >= 4 is 51.3 Å². The minimum Gasteiger partial charge on any atom is -0.598 e. The first-order valence-corrected chi connectivity index (χ1v) is 14.2. The average molecular weight is 574 g/mol. The van der Waals surface area contributed by atoms with Crippen LogP contribution in [0.2, 0.25) is 10.2 Å². The number of benzene rings is 1. The van der Waals surface area contributed by atoms with Crippen molar-refractivity contribution in [2.45, 2.75) is 13.0 Å². The van der Waals surface area contributed by atoms with E-state index in [9.17, 15) is 4.55 Å². The van der Waals surface area contributed by atoms with Gasteiger partial charge in [0.2, 0.25) is 0 Å². The van der Waals surface area contributed by atoms with Gasteiger partial charge in [-0.05, 0) is 25.1 Å². The summed E-state index contributed by atoms with van der Waals surface area (Å²) < 4.78 is 25.4. The van der Waals surface area contributed by atoms with Gasteiger partial charge in [0.05, 0.1) is 42.5 Å². The molecule has 2 atom stereocenters. The van der Waals surface area contributed by atoms with E-state index in [0.29, 0.717) is 22.1 Å². The molecular weight excluding hydrogens is 549 g/mol. The molecule has 3 aromatic heterocycles. The number of nitrogens with zero attached hydrogens (tertiary/aromatic N) is 6. The standard InChI is InChI=1S/C25H25Cl2N7O3S/c1-14(22-17(26)9-29-32-24(22)27)37-20-6-16-18(7-19(20)36-2)30-31-23(16)15-4-5-21(28-8-15)33-10-25(11-33)12-34(13-25)38(3)35/h4-9,14H,10-13H2,1-3H3,(H,30,31)/t14-,38?/m1/s1. The van der Waals surface area contributed by atoms with E-state index in [1.165, 1.54) is 6.20 Å². The monoisotopic (exact) mass is 573 g/mol. The first kappa shape index (κ1) is 25.4. The molecule has 2 aliphatic rings. The number of H-pyrrole nitrogens is 1. The number of pyridine rings is 1. The van der Waals surface area contributed by atoms with E-state index in [0.717, 1.165) is 54.2 Å². The van der Waals surface area contributed by atoms with Crippen molar-refractivity contribution in [1.82, 2.24) is 29.7 Å². The van der Waals surface area contributed by atoms with Crippen LogP contribution in [-0.4, -0.2) is 73.8 Å². The lowest BCUT2D eigenvalue weighted by Crippen LogP contribution is -2.73. The fourth-order valence-electron chi connectivity index (χ4n) is 5.18. The number of methoxy groups -OCH3 is 1. The summed E-state index contributed by atoms with van der Waals surface area (Å²) in [4.78, 5) is 6.96. The van der Waals surface area contributed by atoms with E-state index in [1.54, 1.807) is 13.4 Å². The highest BCUT2D eigenvalue weighted by Gasteiger charge is 2.55. The summed E-state index contributed by atoms with van der Waals surface area (Å²) in [5, 5.41) is 16.7. The highest BCUT2D eigenvalue weighted by atomic mass is 35.5. The summed E-state index contributed by atoms with van der Waals surface area (Å²) in [6.45, 7) is 5.45. The summed E-state index contributed by atoms with van der Waals surface area (Å²) in [6, 6.07) is 7.76. The van der Waals surface area contributed by atoms with Gasteiger partial charge in [-0.25, -0.2) is 4.98 Å². The fourth-order valence-corrected chi connectivity index (χ4v) is 6.73. The normalized spacial score (nSPS) is 18.2. The number of halogens is 2. The predicted octanol–water partition coefficient (Wildman–Crippen LogP) is 4.29. The Morgan fingerprint density at radius 3 is 2.58 bits per heavy atom. The minimum atomic E-state index is -0.890. The average Bonchev–Trinajstić information content (AvgIpc) is 3.24. The molecule has 13 heteroatoms. The third kappa shape index (κ3) is 4.42. The Labute approximate surface area is 232 Å². The number of rotatable bonds is 7. The van der Waals surface area contributed by atoms with Gasteiger partial charge >= 0.3 is 0 Å². The molecule has 6 rings (SSSR count). The minimum absolute atomic E-state index is 0.184. The van der Waals surface area contributed by atoms with Crippen LogP contribution >= 0.6 is 23.2 Å². The number of hydrogen-bond acceptors (Lipinski definition) is 9. The number of aromatic amines is 1. The Morgan fingerprint density at radius 1 is 1.13 bits per heavy atom. The van der Waals surface area contributed by atoms with Crippen LogP contribution in [0.4, 0.5) is 5.82 Å². The molecule has 2 saturated heterocycles. The van der Waals surface area contributed by atoms with E-state index in [1.807, 2.05) is 41.7 Å². The van der Waals surface area contributed by atoms with Crippen molar-refractivity contribution in [3.63, 3.8) is 0 Å². The summed E-state index contributed by atoms with van der Waals surface area (Å²) in [5.74, 6) is 1.97. The first-order valence-electron chi connectivity index (χ1n) is 12.0. The second kappa shape index (κ2) is 9.73. The molecule has 1 unspecified atom stereocenters. The second-order valence-electron chi connectivity index (χ2n) is 9.76. The van der Waals surface area contributed by atoms with E-state index in [2.05, 4.69) is 25.3 Å². The predicted molar refractivity (Wildman–Crippen MR) is 147 cm³/mol.